The highest BCUT2D eigenvalue weighted by Crippen LogP contribution is 2.35. The molecule has 0 saturated carbocycles. The van der Waals surface area contributed by atoms with E-state index >= 15 is 0 Å². The Balaban J connectivity index is 2.02. The van der Waals surface area contributed by atoms with Gasteiger partial charge in [0.15, 0.2) is 6.29 Å². The van der Waals surface area contributed by atoms with Crippen LogP contribution < -0.4 is 0 Å². The minimum absolute atomic E-state index is 0.0763. The molecule has 1 aromatic heterocycles. The number of nitrogens with one attached hydrogen (secondary N) is 1. The number of allylic oxidation sites excluding steroid dienone is 4. The average Bonchev–Trinajstić information content (AvgIpc) is 2.98. The lowest BCUT2D eigenvalue weighted by Crippen LogP contribution is -1.92. The molecule has 3 rings (SSSR count). The highest BCUT2D eigenvalue weighted by Gasteiger charge is 2.15. The van der Waals surface area contributed by atoms with Crippen molar-refractivity contribution >= 4 is 28.1 Å². The van der Waals surface area contributed by atoms with Crippen LogP contribution in [0.1, 0.15) is 49.5 Å². The number of rotatable bonds is 6. The molecular weight excluding hydrogens is 322 g/mol. The molecule has 2 N–H and O–H groups in total. The number of hydrogen-bond donors (Lipinski definition) is 2. The predicted molar refractivity (Wildman–Crippen MR) is 109 cm³/mol. The molecule has 0 bridgehead atoms. The number of aromatic amines is 1. The molecule has 134 valence electrons. The van der Waals surface area contributed by atoms with Crippen molar-refractivity contribution in [2.45, 2.75) is 40.0 Å². The average molecular weight is 347 g/mol. The van der Waals surface area contributed by atoms with Crippen LogP contribution in [0, 0.1) is 0 Å². The monoisotopic (exact) mass is 347 g/mol. The fourth-order valence-electron chi connectivity index (χ4n) is 3.32. The SMILES string of the molecule is CC(C)=CCCC(C)=CCc1c(O)c(C=O)cc2c1[nH]c1ccccc12. The molecule has 0 aliphatic rings. The van der Waals surface area contributed by atoms with E-state index in [0.717, 1.165) is 46.5 Å². The lowest BCUT2D eigenvalue weighted by atomic mass is 9.99. The number of fused-ring (bicyclic) bond motifs is 3. The third-order valence-corrected chi connectivity index (χ3v) is 4.78. The van der Waals surface area contributed by atoms with Gasteiger partial charge in [-0.15, -0.1) is 0 Å². The van der Waals surface area contributed by atoms with Crippen LogP contribution >= 0.6 is 0 Å². The summed E-state index contributed by atoms with van der Waals surface area (Å²) in [5.74, 6) is 0.0763. The van der Waals surface area contributed by atoms with Crippen molar-refractivity contribution in [2.75, 3.05) is 0 Å². The Bertz CT molecular complexity index is 1020. The predicted octanol–water partition coefficient (Wildman–Crippen LogP) is 6.07. The first-order valence-corrected chi connectivity index (χ1v) is 9.00. The molecule has 0 aliphatic carbocycles. The Labute approximate surface area is 154 Å². The number of aldehydes is 1. The third kappa shape index (κ3) is 3.57. The van der Waals surface area contributed by atoms with Crippen molar-refractivity contribution in [2.24, 2.45) is 0 Å². The number of H-pyrrole nitrogens is 1. The molecule has 3 heteroatoms. The van der Waals surface area contributed by atoms with Gasteiger partial charge in [0, 0.05) is 21.9 Å². The zero-order chi connectivity index (χ0) is 18.7. The molecule has 0 radical (unpaired) electrons. The fraction of sp³-hybridized carbons (Fsp3) is 0.261. The Hall–Kier alpha value is -2.81. The van der Waals surface area contributed by atoms with E-state index in [-0.39, 0.29) is 5.75 Å². The van der Waals surface area contributed by atoms with E-state index in [1.807, 2.05) is 24.3 Å². The molecule has 3 aromatic rings. The van der Waals surface area contributed by atoms with Crippen molar-refractivity contribution in [3.05, 3.63) is 64.8 Å². The van der Waals surface area contributed by atoms with E-state index in [4.69, 9.17) is 0 Å². The second-order valence-electron chi connectivity index (χ2n) is 7.08. The first-order valence-electron chi connectivity index (χ1n) is 9.00. The minimum atomic E-state index is 0.0763. The van der Waals surface area contributed by atoms with E-state index in [2.05, 4.69) is 37.9 Å². The topological polar surface area (TPSA) is 53.1 Å². The summed E-state index contributed by atoms with van der Waals surface area (Å²) in [4.78, 5) is 14.8. The van der Waals surface area contributed by atoms with E-state index < -0.39 is 0 Å². The Kier molecular flexibility index (Phi) is 5.27. The number of benzene rings is 2. The maximum Gasteiger partial charge on any atom is 0.153 e. The van der Waals surface area contributed by atoms with Gasteiger partial charge in [0.05, 0.1) is 11.1 Å². The van der Waals surface area contributed by atoms with Crippen LogP contribution in [0.3, 0.4) is 0 Å². The van der Waals surface area contributed by atoms with Crippen LogP contribution in [0.15, 0.2) is 53.6 Å². The van der Waals surface area contributed by atoms with Gasteiger partial charge in [-0.25, -0.2) is 0 Å². The number of carbonyl (C=O) groups is 1. The molecular formula is C23H25NO2. The lowest BCUT2D eigenvalue weighted by molar-refractivity contribution is 0.112. The minimum Gasteiger partial charge on any atom is -0.507 e. The van der Waals surface area contributed by atoms with Gasteiger partial charge in [0.25, 0.3) is 0 Å². The maximum atomic E-state index is 11.4. The van der Waals surface area contributed by atoms with Gasteiger partial charge in [0.2, 0.25) is 0 Å². The summed E-state index contributed by atoms with van der Waals surface area (Å²) in [5, 5.41) is 12.6. The summed E-state index contributed by atoms with van der Waals surface area (Å²) in [5.41, 5.74) is 5.64. The molecule has 3 nitrogen and oxygen atoms in total. The number of phenolic OH excluding ortho intramolecular Hbond substituents is 1. The van der Waals surface area contributed by atoms with Gasteiger partial charge < -0.3 is 10.1 Å². The van der Waals surface area contributed by atoms with Gasteiger partial charge in [-0.1, -0.05) is 41.5 Å². The van der Waals surface area contributed by atoms with Gasteiger partial charge >= 0.3 is 0 Å². The molecule has 0 unspecified atom stereocenters. The normalized spacial score (nSPS) is 11.9. The largest absolute Gasteiger partial charge is 0.507 e. The zero-order valence-electron chi connectivity index (χ0n) is 15.6. The molecule has 0 amide bonds. The number of aromatic nitrogens is 1. The van der Waals surface area contributed by atoms with Crippen LogP contribution in [0.25, 0.3) is 21.8 Å². The van der Waals surface area contributed by atoms with Gasteiger partial charge in [0.1, 0.15) is 5.75 Å². The highest BCUT2D eigenvalue weighted by atomic mass is 16.3. The highest BCUT2D eigenvalue weighted by molar-refractivity contribution is 6.10. The molecule has 2 aromatic carbocycles. The van der Waals surface area contributed by atoms with Crippen LogP contribution in [-0.2, 0) is 6.42 Å². The molecule has 0 spiro atoms. The number of phenols is 1. The first-order chi connectivity index (χ1) is 12.5. The summed E-state index contributed by atoms with van der Waals surface area (Å²) < 4.78 is 0. The smallest absolute Gasteiger partial charge is 0.153 e. The van der Waals surface area contributed by atoms with Gasteiger partial charge in [-0.2, -0.15) is 0 Å². The number of carbonyl (C=O) groups excluding carboxylic acids is 1. The number of hydrogen-bond acceptors (Lipinski definition) is 2. The van der Waals surface area contributed by atoms with Crippen molar-refractivity contribution in [3.63, 3.8) is 0 Å². The van der Waals surface area contributed by atoms with Gasteiger partial charge in [-0.3, -0.25) is 4.79 Å². The number of aromatic hydroxyl groups is 1. The second kappa shape index (κ2) is 7.61. The first kappa shape index (κ1) is 18.0. The third-order valence-electron chi connectivity index (χ3n) is 4.78. The second-order valence-corrected chi connectivity index (χ2v) is 7.08. The van der Waals surface area contributed by atoms with E-state index in [1.165, 1.54) is 11.1 Å². The molecule has 26 heavy (non-hydrogen) atoms. The summed E-state index contributed by atoms with van der Waals surface area (Å²) in [6, 6.07) is 9.77. The van der Waals surface area contributed by atoms with Crippen molar-refractivity contribution in [1.29, 1.82) is 0 Å². The molecule has 0 aliphatic heterocycles. The summed E-state index contributed by atoms with van der Waals surface area (Å²) in [6.07, 6.45) is 7.72. The molecule has 1 heterocycles. The number of para-hydroxylation sites is 1. The quantitative estimate of drug-likeness (QED) is 0.420. The summed E-state index contributed by atoms with van der Waals surface area (Å²) in [7, 11) is 0. The zero-order valence-corrected chi connectivity index (χ0v) is 15.6. The Morgan fingerprint density at radius 3 is 2.62 bits per heavy atom. The van der Waals surface area contributed by atoms with E-state index in [1.54, 1.807) is 6.07 Å². The fourth-order valence-corrected chi connectivity index (χ4v) is 3.32. The van der Waals surface area contributed by atoms with Crippen LogP contribution in [0.5, 0.6) is 5.75 Å². The Morgan fingerprint density at radius 1 is 1.12 bits per heavy atom. The van der Waals surface area contributed by atoms with Gasteiger partial charge in [-0.05, 0) is 52.2 Å². The van der Waals surface area contributed by atoms with E-state index in [0.29, 0.717) is 12.0 Å². The molecule has 0 atom stereocenters. The van der Waals surface area contributed by atoms with Crippen LogP contribution in [0.4, 0.5) is 0 Å². The molecule has 0 saturated heterocycles. The standard InChI is InChI=1S/C23H25NO2/c1-15(2)7-6-8-16(3)11-12-19-22-20(13-17(14-25)23(19)26)18-9-4-5-10-21(18)24-22/h4-5,7,9-11,13-14,24,26H,6,8,12H2,1-3H3. The maximum absolute atomic E-state index is 11.4. The Morgan fingerprint density at radius 2 is 1.88 bits per heavy atom. The van der Waals surface area contributed by atoms with Crippen molar-refractivity contribution in [1.82, 2.24) is 4.98 Å². The lowest BCUT2D eigenvalue weighted by Gasteiger charge is -2.08. The van der Waals surface area contributed by atoms with Crippen molar-refractivity contribution < 1.29 is 9.90 Å². The van der Waals surface area contributed by atoms with E-state index in [9.17, 15) is 9.90 Å². The van der Waals surface area contributed by atoms with Crippen molar-refractivity contribution in [3.8, 4) is 5.75 Å². The summed E-state index contributed by atoms with van der Waals surface area (Å²) in [6.45, 7) is 6.32. The van der Waals surface area contributed by atoms with Crippen LogP contribution in [-0.4, -0.2) is 16.4 Å². The van der Waals surface area contributed by atoms with Crippen LogP contribution in [0.2, 0.25) is 0 Å². The summed E-state index contributed by atoms with van der Waals surface area (Å²) >= 11 is 0. The molecule has 0 fully saturated rings.